The number of fused-ring (bicyclic) bond motifs is 3. The molecule has 0 radical (unpaired) electrons. The van der Waals surface area contributed by atoms with E-state index in [1.165, 1.54) is 21.6 Å². The van der Waals surface area contributed by atoms with Crippen LogP contribution in [0, 0.1) is 17.8 Å². The van der Waals surface area contributed by atoms with Crippen molar-refractivity contribution >= 4 is 40.8 Å². The molecule has 1 aromatic carbocycles. The highest BCUT2D eigenvalue weighted by molar-refractivity contribution is 7.09. The van der Waals surface area contributed by atoms with Gasteiger partial charge in [-0.05, 0) is 73.4 Å². The van der Waals surface area contributed by atoms with Crippen LogP contribution in [0.1, 0.15) is 56.4 Å². The number of nitrogens with zero attached hydrogens (tertiary/aromatic N) is 1. The Balaban J connectivity index is 1.31. The lowest BCUT2D eigenvalue weighted by atomic mass is 9.70. The zero-order valence-electron chi connectivity index (χ0n) is 20.7. The summed E-state index contributed by atoms with van der Waals surface area (Å²) in [7, 11) is 0. The van der Waals surface area contributed by atoms with Crippen molar-refractivity contribution in [2.24, 2.45) is 17.8 Å². The predicted molar refractivity (Wildman–Crippen MR) is 143 cm³/mol. The molecule has 4 atom stereocenters. The molecule has 7 heteroatoms. The monoisotopic (exact) mass is 525 g/mol. The van der Waals surface area contributed by atoms with Gasteiger partial charge in [0.2, 0.25) is 11.8 Å². The SMILES string of the molecule is CCC/C(=C\c1ccc(O)cc1Cl)CC[C@H]1OC[C@H]2C1=C(C)C[C@H]1C(=O)N(Cc3cccs3)C(=O)[C@H]12. The molecule has 5 rings (SSSR count). The van der Waals surface area contributed by atoms with Crippen LogP contribution in [0.3, 0.4) is 0 Å². The van der Waals surface area contributed by atoms with E-state index in [-0.39, 0.29) is 41.4 Å². The summed E-state index contributed by atoms with van der Waals surface area (Å²) in [4.78, 5) is 29.2. The van der Waals surface area contributed by atoms with Crippen LogP contribution in [-0.4, -0.2) is 34.5 Å². The second-order valence-electron chi connectivity index (χ2n) is 10.1. The number of halogens is 1. The van der Waals surface area contributed by atoms with Gasteiger partial charge in [-0.25, -0.2) is 0 Å². The third kappa shape index (κ3) is 4.79. The molecule has 2 amide bonds. The first-order valence-electron chi connectivity index (χ1n) is 12.7. The molecule has 5 nitrogen and oxygen atoms in total. The number of aromatic hydroxyl groups is 1. The lowest BCUT2D eigenvalue weighted by Gasteiger charge is -2.30. The van der Waals surface area contributed by atoms with Crippen LogP contribution in [0.15, 0.2) is 52.4 Å². The smallest absolute Gasteiger partial charge is 0.234 e. The van der Waals surface area contributed by atoms with Crippen molar-refractivity contribution in [2.75, 3.05) is 6.61 Å². The Morgan fingerprint density at radius 1 is 1.22 bits per heavy atom. The average Bonchev–Trinajstić information content (AvgIpc) is 3.56. The number of phenols is 1. The van der Waals surface area contributed by atoms with Crippen LogP contribution in [0.4, 0.5) is 0 Å². The number of hydrogen-bond acceptors (Lipinski definition) is 5. The van der Waals surface area contributed by atoms with E-state index in [1.54, 1.807) is 23.5 Å². The number of carbonyl (C=O) groups excluding carboxylic acids is 2. The predicted octanol–water partition coefficient (Wildman–Crippen LogP) is 6.61. The summed E-state index contributed by atoms with van der Waals surface area (Å²) in [6.07, 6.45) is 6.42. The van der Waals surface area contributed by atoms with Crippen molar-refractivity contribution in [3.63, 3.8) is 0 Å². The summed E-state index contributed by atoms with van der Waals surface area (Å²) < 4.78 is 6.30. The average molecular weight is 526 g/mol. The van der Waals surface area contributed by atoms with Crippen LogP contribution in [0.2, 0.25) is 5.02 Å². The van der Waals surface area contributed by atoms with E-state index in [9.17, 15) is 14.7 Å². The number of thiophene rings is 1. The number of likely N-dealkylation sites (tertiary alicyclic amines) is 1. The topological polar surface area (TPSA) is 66.8 Å². The molecule has 2 fully saturated rings. The maximum atomic E-state index is 13.4. The first-order chi connectivity index (χ1) is 17.4. The largest absolute Gasteiger partial charge is 0.508 e. The summed E-state index contributed by atoms with van der Waals surface area (Å²) in [5.74, 6) is -0.482. The van der Waals surface area contributed by atoms with E-state index in [0.29, 0.717) is 24.6 Å². The number of benzene rings is 1. The number of ether oxygens (including phenoxy) is 1. The molecule has 2 saturated heterocycles. The van der Waals surface area contributed by atoms with Crippen LogP contribution in [-0.2, 0) is 20.9 Å². The highest BCUT2D eigenvalue weighted by Gasteiger charge is 2.56. The first-order valence-corrected chi connectivity index (χ1v) is 14.0. The normalized spacial score (nSPS) is 26.1. The fourth-order valence-electron chi connectivity index (χ4n) is 6.17. The highest BCUT2D eigenvalue weighted by atomic mass is 35.5. The van der Waals surface area contributed by atoms with E-state index >= 15 is 0 Å². The van der Waals surface area contributed by atoms with E-state index < -0.39 is 0 Å². The van der Waals surface area contributed by atoms with Gasteiger partial charge in [0.05, 0.1) is 36.1 Å². The van der Waals surface area contributed by atoms with E-state index in [0.717, 1.165) is 36.1 Å². The molecular formula is C29H32ClNO4S. The minimum absolute atomic E-state index is 0.0105. The molecule has 190 valence electrons. The number of amides is 2. The molecule has 0 bridgehead atoms. The van der Waals surface area contributed by atoms with Crippen LogP contribution >= 0.6 is 22.9 Å². The maximum Gasteiger partial charge on any atom is 0.234 e. The van der Waals surface area contributed by atoms with Crippen LogP contribution in [0.25, 0.3) is 6.08 Å². The Morgan fingerprint density at radius 2 is 2.06 bits per heavy atom. The molecule has 3 aliphatic rings. The van der Waals surface area contributed by atoms with Gasteiger partial charge in [0.25, 0.3) is 0 Å². The summed E-state index contributed by atoms with van der Waals surface area (Å²) in [6, 6.07) is 8.99. The van der Waals surface area contributed by atoms with Crippen molar-refractivity contribution in [1.29, 1.82) is 0 Å². The molecule has 1 aliphatic carbocycles. The second-order valence-corrected chi connectivity index (χ2v) is 11.6. The number of imide groups is 1. The molecule has 1 N–H and O–H groups in total. The van der Waals surface area contributed by atoms with Crippen molar-refractivity contribution in [1.82, 2.24) is 4.90 Å². The van der Waals surface area contributed by atoms with Crippen molar-refractivity contribution in [3.05, 3.63) is 67.9 Å². The summed E-state index contributed by atoms with van der Waals surface area (Å²) in [6.45, 7) is 5.14. The lowest BCUT2D eigenvalue weighted by Crippen LogP contribution is -2.34. The number of hydrogen-bond donors (Lipinski definition) is 1. The van der Waals surface area contributed by atoms with Gasteiger partial charge in [-0.1, -0.05) is 48.2 Å². The zero-order chi connectivity index (χ0) is 25.4. The Hall–Kier alpha value is -2.41. The molecule has 0 unspecified atom stereocenters. The Bertz CT molecular complexity index is 1220. The highest BCUT2D eigenvalue weighted by Crippen LogP contribution is 2.50. The standard InChI is InChI=1S/C29H32ClNO4S/c1-3-5-18(13-19-8-9-20(32)14-24(19)30)7-10-25-26-17(2)12-22-27(23(26)16-35-25)29(34)31(28(22)33)15-21-6-4-11-36-21/h4,6,8-9,11,13-14,22-23,25,27,32H,3,5,7,10,12,15-16H2,1-2H3/b18-13+/t22-,23+,25-,27-/m1/s1. The van der Waals surface area contributed by atoms with Gasteiger partial charge in [0.15, 0.2) is 0 Å². The molecular weight excluding hydrogens is 494 g/mol. The third-order valence-corrected chi connectivity index (χ3v) is 8.97. The molecule has 2 aromatic rings. The zero-order valence-corrected chi connectivity index (χ0v) is 22.3. The van der Waals surface area contributed by atoms with E-state index in [1.807, 2.05) is 23.6 Å². The first kappa shape index (κ1) is 25.2. The molecule has 0 saturated carbocycles. The quantitative estimate of drug-likeness (QED) is 0.311. The lowest BCUT2D eigenvalue weighted by molar-refractivity contribution is -0.140. The molecule has 0 spiro atoms. The molecule has 36 heavy (non-hydrogen) atoms. The van der Waals surface area contributed by atoms with Gasteiger partial charge in [-0.2, -0.15) is 0 Å². The Labute approximate surface area is 221 Å². The summed E-state index contributed by atoms with van der Waals surface area (Å²) in [5.41, 5.74) is 4.65. The van der Waals surface area contributed by atoms with Crippen LogP contribution in [0.5, 0.6) is 5.75 Å². The molecule has 1 aromatic heterocycles. The fourth-order valence-corrected chi connectivity index (χ4v) is 7.09. The number of rotatable bonds is 8. The van der Waals surface area contributed by atoms with Crippen LogP contribution < -0.4 is 0 Å². The maximum absolute atomic E-state index is 13.4. The van der Waals surface area contributed by atoms with E-state index in [4.69, 9.17) is 16.3 Å². The van der Waals surface area contributed by atoms with Gasteiger partial charge in [-0.3, -0.25) is 14.5 Å². The third-order valence-electron chi connectivity index (χ3n) is 7.78. The van der Waals surface area contributed by atoms with Gasteiger partial charge in [0, 0.05) is 10.8 Å². The van der Waals surface area contributed by atoms with Gasteiger partial charge >= 0.3 is 0 Å². The second kappa shape index (κ2) is 10.5. The van der Waals surface area contributed by atoms with E-state index in [2.05, 4.69) is 19.9 Å². The van der Waals surface area contributed by atoms with Gasteiger partial charge in [-0.15, -0.1) is 11.3 Å². The Kier molecular flexibility index (Phi) is 7.38. The number of allylic oxidation sites excluding steroid dienone is 2. The fraction of sp³-hybridized carbons (Fsp3) is 0.448. The van der Waals surface area contributed by atoms with Gasteiger partial charge < -0.3 is 9.84 Å². The summed E-state index contributed by atoms with van der Waals surface area (Å²) in [5, 5.41) is 12.2. The number of carbonyl (C=O) groups is 2. The minimum atomic E-state index is -0.303. The molecule has 2 aliphatic heterocycles. The van der Waals surface area contributed by atoms with Gasteiger partial charge in [0.1, 0.15) is 5.75 Å². The Morgan fingerprint density at radius 3 is 2.78 bits per heavy atom. The minimum Gasteiger partial charge on any atom is -0.508 e. The number of phenolic OH excluding ortho intramolecular Hbond substituents is 1. The van der Waals surface area contributed by atoms with Crippen molar-refractivity contribution in [3.8, 4) is 5.75 Å². The van der Waals surface area contributed by atoms with Crippen molar-refractivity contribution < 1.29 is 19.4 Å². The molecule has 3 heterocycles. The summed E-state index contributed by atoms with van der Waals surface area (Å²) >= 11 is 7.92. The van der Waals surface area contributed by atoms with Crippen molar-refractivity contribution in [2.45, 2.75) is 58.6 Å².